The van der Waals surface area contributed by atoms with E-state index in [1.807, 2.05) is 13.0 Å². The van der Waals surface area contributed by atoms with Crippen LogP contribution < -0.4 is 10.1 Å². The van der Waals surface area contributed by atoms with E-state index in [0.717, 1.165) is 22.6 Å². The number of rotatable bonds is 3. The van der Waals surface area contributed by atoms with Crippen LogP contribution in [0.25, 0.3) is 0 Å². The number of halogens is 1. The van der Waals surface area contributed by atoms with Crippen LogP contribution in [0.3, 0.4) is 0 Å². The van der Waals surface area contributed by atoms with Gasteiger partial charge in [0.15, 0.2) is 6.10 Å². The maximum atomic E-state index is 12.1. The highest BCUT2D eigenvalue weighted by Gasteiger charge is 2.29. The number of nitrogens with one attached hydrogen (secondary N) is 2. The minimum absolute atomic E-state index is 0.127. The lowest BCUT2D eigenvalue weighted by atomic mass is 10.1. The van der Waals surface area contributed by atoms with Gasteiger partial charge in [0, 0.05) is 29.2 Å². The highest BCUT2D eigenvalue weighted by atomic mass is 35.5. The van der Waals surface area contributed by atoms with Crippen LogP contribution in [0.5, 0.6) is 5.75 Å². The zero-order chi connectivity index (χ0) is 14.1. The van der Waals surface area contributed by atoms with Crippen molar-refractivity contribution in [3.63, 3.8) is 0 Å². The van der Waals surface area contributed by atoms with E-state index in [1.54, 1.807) is 18.3 Å². The number of aromatic nitrogens is 2. The molecule has 0 aliphatic carbocycles. The molecule has 1 aromatic heterocycles. The van der Waals surface area contributed by atoms with Crippen LogP contribution >= 0.6 is 11.6 Å². The highest BCUT2D eigenvalue weighted by Crippen LogP contribution is 2.31. The van der Waals surface area contributed by atoms with Gasteiger partial charge in [-0.05, 0) is 30.7 Å². The van der Waals surface area contributed by atoms with Crippen LogP contribution in [0.4, 0.5) is 0 Å². The first-order valence-electron chi connectivity index (χ1n) is 6.35. The number of aromatic amines is 1. The number of ether oxygens (including phenoxy) is 1. The number of aryl methyl sites for hydroxylation is 1. The first-order valence-corrected chi connectivity index (χ1v) is 6.73. The molecule has 1 amide bonds. The van der Waals surface area contributed by atoms with Crippen LogP contribution in [0.1, 0.15) is 16.8 Å². The van der Waals surface area contributed by atoms with Crippen LogP contribution in [-0.2, 0) is 17.8 Å². The molecule has 3 rings (SSSR count). The summed E-state index contributed by atoms with van der Waals surface area (Å²) in [5.74, 6) is 0.604. The van der Waals surface area contributed by atoms with E-state index < -0.39 is 6.10 Å². The number of nitrogens with zero attached hydrogens (tertiary/aromatic N) is 1. The minimum atomic E-state index is -0.490. The van der Waals surface area contributed by atoms with Crippen molar-refractivity contribution in [3.05, 3.63) is 46.2 Å². The summed E-state index contributed by atoms with van der Waals surface area (Å²) in [6.07, 6.45) is 1.77. The molecular weight excluding hydrogens is 278 g/mol. The van der Waals surface area contributed by atoms with Gasteiger partial charge in [-0.25, -0.2) is 0 Å². The molecule has 2 heterocycles. The van der Waals surface area contributed by atoms with Gasteiger partial charge in [0.2, 0.25) is 0 Å². The number of carbonyl (C=O) groups is 1. The fourth-order valence-corrected chi connectivity index (χ4v) is 2.41. The first-order chi connectivity index (χ1) is 9.63. The highest BCUT2D eigenvalue weighted by molar-refractivity contribution is 6.30. The van der Waals surface area contributed by atoms with Gasteiger partial charge in [0.05, 0.1) is 6.20 Å². The van der Waals surface area contributed by atoms with E-state index in [1.165, 1.54) is 0 Å². The van der Waals surface area contributed by atoms with E-state index in [9.17, 15) is 4.79 Å². The standard InChI is InChI=1S/C14H14ClN3O2/c1-8-10(7-17-18-8)6-16-14(19)13-5-9-4-11(15)2-3-12(9)20-13/h2-4,7,13H,5-6H2,1H3,(H,16,19)(H,17,18)/t13-/m1/s1. The Morgan fingerprint density at radius 3 is 3.20 bits per heavy atom. The zero-order valence-electron chi connectivity index (χ0n) is 10.9. The zero-order valence-corrected chi connectivity index (χ0v) is 11.7. The average molecular weight is 292 g/mol. The Morgan fingerprint density at radius 2 is 2.45 bits per heavy atom. The van der Waals surface area contributed by atoms with Gasteiger partial charge in [-0.3, -0.25) is 9.89 Å². The van der Waals surface area contributed by atoms with Crippen LogP contribution in [0, 0.1) is 6.92 Å². The summed E-state index contributed by atoms with van der Waals surface area (Å²) in [7, 11) is 0. The maximum Gasteiger partial charge on any atom is 0.261 e. The maximum absolute atomic E-state index is 12.1. The van der Waals surface area contributed by atoms with Gasteiger partial charge in [0.25, 0.3) is 5.91 Å². The second-order valence-corrected chi connectivity index (χ2v) is 5.24. The second kappa shape index (κ2) is 5.17. The molecule has 0 saturated heterocycles. The van der Waals surface area contributed by atoms with Gasteiger partial charge >= 0.3 is 0 Å². The summed E-state index contributed by atoms with van der Waals surface area (Å²) in [6, 6.07) is 5.39. The van der Waals surface area contributed by atoms with Crippen LogP contribution in [0.15, 0.2) is 24.4 Å². The lowest BCUT2D eigenvalue weighted by Gasteiger charge is -2.10. The van der Waals surface area contributed by atoms with Gasteiger partial charge in [-0.15, -0.1) is 0 Å². The molecule has 6 heteroatoms. The first kappa shape index (κ1) is 13.0. The molecule has 104 valence electrons. The van der Waals surface area contributed by atoms with E-state index in [2.05, 4.69) is 15.5 Å². The van der Waals surface area contributed by atoms with E-state index >= 15 is 0 Å². The largest absolute Gasteiger partial charge is 0.480 e. The number of fused-ring (bicyclic) bond motifs is 1. The minimum Gasteiger partial charge on any atom is -0.480 e. The molecule has 1 atom stereocenters. The molecule has 0 unspecified atom stereocenters. The third-order valence-corrected chi connectivity index (χ3v) is 3.61. The molecule has 0 saturated carbocycles. The number of hydrogen-bond donors (Lipinski definition) is 2. The summed E-state index contributed by atoms with van der Waals surface area (Å²) < 4.78 is 5.63. The molecule has 2 aromatic rings. The van der Waals surface area contributed by atoms with Crippen LogP contribution in [-0.4, -0.2) is 22.2 Å². The average Bonchev–Trinajstić information content (AvgIpc) is 3.01. The van der Waals surface area contributed by atoms with Crippen molar-refractivity contribution in [3.8, 4) is 5.75 Å². The fourth-order valence-electron chi connectivity index (χ4n) is 2.21. The smallest absolute Gasteiger partial charge is 0.261 e. The van der Waals surface area contributed by atoms with Crippen molar-refractivity contribution < 1.29 is 9.53 Å². The molecule has 1 aliphatic rings. The third kappa shape index (κ3) is 2.49. The summed E-state index contributed by atoms with van der Waals surface area (Å²) in [4.78, 5) is 12.1. The number of benzene rings is 1. The van der Waals surface area contributed by atoms with Gasteiger partial charge in [-0.1, -0.05) is 11.6 Å². The quantitative estimate of drug-likeness (QED) is 0.909. The summed E-state index contributed by atoms with van der Waals surface area (Å²) in [5.41, 5.74) is 2.89. The molecule has 2 N–H and O–H groups in total. The predicted molar refractivity (Wildman–Crippen MR) is 74.7 cm³/mol. The van der Waals surface area contributed by atoms with Crippen molar-refractivity contribution in [2.45, 2.75) is 26.0 Å². The lowest BCUT2D eigenvalue weighted by Crippen LogP contribution is -2.37. The summed E-state index contributed by atoms with van der Waals surface area (Å²) >= 11 is 5.93. The van der Waals surface area contributed by atoms with Crippen molar-refractivity contribution in [2.24, 2.45) is 0 Å². The molecule has 0 spiro atoms. The summed E-state index contributed by atoms with van der Waals surface area (Å²) in [6.45, 7) is 2.36. The number of amides is 1. The molecule has 20 heavy (non-hydrogen) atoms. The molecule has 0 fully saturated rings. The SMILES string of the molecule is Cc1[nH]ncc1CNC(=O)[C@H]1Cc2cc(Cl)ccc2O1. The number of carbonyl (C=O) groups excluding carboxylic acids is 1. The fraction of sp³-hybridized carbons (Fsp3) is 0.286. The van der Waals surface area contributed by atoms with Crippen molar-refractivity contribution >= 4 is 17.5 Å². The number of H-pyrrole nitrogens is 1. The molecule has 0 radical (unpaired) electrons. The Morgan fingerprint density at radius 1 is 1.60 bits per heavy atom. The lowest BCUT2D eigenvalue weighted by molar-refractivity contribution is -0.127. The van der Waals surface area contributed by atoms with Gasteiger partial charge < -0.3 is 10.1 Å². The second-order valence-electron chi connectivity index (χ2n) is 4.80. The molecule has 1 aliphatic heterocycles. The predicted octanol–water partition coefficient (Wildman–Crippen LogP) is 1.99. The van der Waals surface area contributed by atoms with Crippen molar-refractivity contribution in [2.75, 3.05) is 0 Å². The van der Waals surface area contributed by atoms with Gasteiger partial charge in [-0.2, -0.15) is 5.10 Å². The Labute approximate surface area is 121 Å². The topological polar surface area (TPSA) is 67.0 Å². The Balaban J connectivity index is 1.61. The molecule has 1 aromatic carbocycles. The Bertz CT molecular complexity index is 654. The van der Waals surface area contributed by atoms with Crippen molar-refractivity contribution in [1.29, 1.82) is 0 Å². The third-order valence-electron chi connectivity index (χ3n) is 3.38. The normalized spacial score (nSPS) is 16.6. The summed E-state index contributed by atoms with van der Waals surface area (Å²) in [5, 5.41) is 10.3. The molecule has 5 nitrogen and oxygen atoms in total. The van der Waals surface area contributed by atoms with Gasteiger partial charge in [0.1, 0.15) is 5.75 Å². The van der Waals surface area contributed by atoms with E-state index in [4.69, 9.17) is 16.3 Å². The molecular formula is C14H14ClN3O2. The monoisotopic (exact) mass is 291 g/mol. The van der Waals surface area contributed by atoms with E-state index in [0.29, 0.717) is 18.0 Å². The van der Waals surface area contributed by atoms with Crippen molar-refractivity contribution in [1.82, 2.24) is 15.5 Å². The van der Waals surface area contributed by atoms with Crippen LogP contribution in [0.2, 0.25) is 5.02 Å². The Hall–Kier alpha value is -2.01. The number of hydrogen-bond acceptors (Lipinski definition) is 3. The van der Waals surface area contributed by atoms with E-state index in [-0.39, 0.29) is 5.91 Å². The molecule has 0 bridgehead atoms. The Kier molecular flexibility index (Phi) is 3.36.